The number of aliphatic hydroxyl groups excluding tert-OH is 1. The van der Waals surface area contributed by atoms with Crippen LogP contribution in [0.2, 0.25) is 0 Å². The van der Waals surface area contributed by atoms with Crippen LogP contribution in [0.3, 0.4) is 0 Å². The van der Waals surface area contributed by atoms with Crippen LogP contribution in [-0.2, 0) is 9.84 Å². The normalized spacial score (nSPS) is 20.2. The first-order chi connectivity index (χ1) is 13.4. The van der Waals surface area contributed by atoms with Gasteiger partial charge in [-0.2, -0.15) is 0 Å². The van der Waals surface area contributed by atoms with Crippen LogP contribution in [0.1, 0.15) is 37.3 Å². The Hall–Kier alpha value is -2.51. The molecule has 2 atom stereocenters. The average molecular weight is 398 g/mol. The second-order valence-electron chi connectivity index (χ2n) is 7.43. The average Bonchev–Trinajstić information content (AvgIpc) is 2.67. The third kappa shape index (κ3) is 4.00. The van der Waals surface area contributed by atoms with Gasteiger partial charge in [-0.05, 0) is 55.7 Å². The Labute approximate surface area is 164 Å². The van der Waals surface area contributed by atoms with E-state index in [0.717, 1.165) is 47.8 Å². The second kappa shape index (κ2) is 7.48. The van der Waals surface area contributed by atoms with E-state index in [4.69, 9.17) is 0 Å². The molecular weight excluding hydrogens is 374 g/mol. The SMILES string of the molecule is CS(=O)(=O)c1ccc(Nc2cc3c([C@@H]4CCC[C@H](O)C4)nccc3cn2)cc1. The summed E-state index contributed by atoms with van der Waals surface area (Å²) in [7, 11) is -3.22. The number of hydrogen-bond acceptors (Lipinski definition) is 6. The van der Waals surface area contributed by atoms with Gasteiger partial charge in [-0.3, -0.25) is 4.98 Å². The van der Waals surface area contributed by atoms with Crippen LogP contribution < -0.4 is 5.32 Å². The topological polar surface area (TPSA) is 92.2 Å². The van der Waals surface area contributed by atoms with E-state index < -0.39 is 9.84 Å². The monoisotopic (exact) mass is 397 g/mol. The molecule has 2 aromatic heterocycles. The minimum atomic E-state index is -3.22. The van der Waals surface area contributed by atoms with Gasteiger partial charge in [0.1, 0.15) is 5.82 Å². The fourth-order valence-corrected chi connectivity index (χ4v) is 4.46. The van der Waals surface area contributed by atoms with Gasteiger partial charge in [0, 0.05) is 41.0 Å². The number of benzene rings is 1. The Kier molecular flexibility index (Phi) is 5.03. The van der Waals surface area contributed by atoms with Gasteiger partial charge in [-0.1, -0.05) is 6.42 Å². The Balaban J connectivity index is 1.64. The molecule has 2 N–H and O–H groups in total. The summed E-state index contributed by atoms with van der Waals surface area (Å²) >= 11 is 0. The Morgan fingerprint density at radius 1 is 1.11 bits per heavy atom. The first kappa shape index (κ1) is 18.8. The zero-order valence-corrected chi connectivity index (χ0v) is 16.5. The minimum absolute atomic E-state index is 0.247. The van der Waals surface area contributed by atoms with Crippen LogP contribution in [0.15, 0.2) is 53.7 Å². The lowest BCUT2D eigenvalue weighted by molar-refractivity contribution is 0.119. The molecule has 0 aliphatic heterocycles. The van der Waals surface area contributed by atoms with Gasteiger partial charge in [-0.25, -0.2) is 13.4 Å². The third-order valence-corrected chi connectivity index (χ3v) is 6.40. The smallest absolute Gasteiger partial charge is 0.175 e. The molecule has 0 spiro atoms. The van der Waals surface area contributed by atoms with E-state index >= 15 is 0 Å². The highest BCUT2D eigenvalue weighted by atomic mass is 32.2. The van der Waals surface area contributed by atoms with Crippen molar-refractivity contribution in [3.8, 4) is 0 Å². The van der Waals surface area contributed by atoms with Gasteiger partial charge in [0.25, 0.3) is 0 Å². The van der Waals surface area contributed by atoms with Crippen LogP contribution in [0.4, 0.5) is 11.5 Å². The number of nitrogens with one attached hydrogen (secondary N) is 1. The van der Waals surface area contributed by atoms with E-state index in [1.165, 1.54) is 6.26 Å². The molecule has 0 bridgehead atoms. The van der Waals surface area contributed by atoms with Gasteiger partial charge in [-0.15, -0.1) is 0 Å². The highest BCUT2D eigenvalue weighted by Gasteiger charge is 2.24. The molecule has 0 saturated heterocycles. The van der Waals surface area contributed by atoms with Crippen molar-refractivity contribution < 1.29 is 13.5 Å². The molecule has 1 aromatic carbocycles. The van der Waals surface area contributed by atoms with Crippen molar-refractivity contribution in [3.05, 3.63) is 54.5 Å². The lowest BCUT2D eigenvalue weighted by Gasteiger charge is -2.26. The summed E-state index contributed by atoms with van der Waals surface area (Å²) in [6.07, 6.45) is 8.18. The number of sulfone groups is 1. The fourth-order valence-electron chi connectivity index (χ4n) is 3.83. The number of aliphatic hydroxyl groups is 1. The highest BCUT2D eigenvalue weighted by molar-refractivity contribution is 7.90. The summed E-state index contributed by atoms with van der Waals surface area (Å²) in [5, 5.41) is 15.3. The predicted molar refractivity (Wildman–Crippen MR) is 110 cm³/mol. The number of fused-ring (bicyclic) bond motifs is 1. The van der Waals surface area contributed by atoms with Gasteiger partial charge in [0.15, 0.2) is 9.84 Å². The lowest BCUT2D eigenvalue weighted by Crippen LogP contribution is -2.19. The summed E-state index contributed by atoms with van der Waals surface area (Å²) in [6.45, 7) is 0. The molecule has 1 aliphatic carbocycles. The molecule has 1 fully saturated rings. The molecule has 0 unspecified atom stereocenters. The van der Waals surface area contributed by atoms with Crippen LogP contribution >= 0.6 is 0 Å². The van der Waals surface area contributed by atoms with Gasteiger partial charge >= 0.3 is 0 Å². The van der Waals surface area contributed by atoms with Crippen molar-refractivity contribution in [3.63, 3.8) is 0 Å². The minimum Gasteiger partial charge on any atom is -0.393 e. The molecule has 1 aliphatic rings. The third-order valence-electron chi connectivity index (χ3n) is 5.27. The van der Waals surface area contributed by atoms with Crippen LogP contribution in [0, 0.1) is 0 Å². The summed E-state index contributed by atoms with van der Waals surface area (Å²) in [4.78, 5) is 9.37. The molecule has 28 heavy (non-hydrogen) atoms. The highest BCUT2D eigenvalue weighted by Crippen LogP contribution is 2.35. The number of nitrogens with zero attached hydrogens (tertiary/aromatic N) is 2. The molecule has 1 saturated carbocycles. The summed E-state index contributed by atoms with van der Waals surface area (Å²) in [5.41, 5.74) is 1.77. The van der Waals surface area contributed by atoms with Crippen LogP contribution in [0.5, 0.6) is 0 Å². The molecular formula is C21H23N3O3S. The Morgan fingerprint density at radius 2 is 1.89 bits per heavy atom. The van der Waals surface area contributed by atoms with E-state index in [1.807, 2.05) is 18.3 Å². The maximum atomic E-state index is 11.6. The number of hydrogen-bond donors (Lipinski definition) is 2. The van der Waals surface area contributed by atoms with Crippen molar-refractivity contribution in [2.75, 3.05) is 11.6 Å². The predicted octanol–water partition coefficient (Wildman–Crippen LogP) is 3.80. The van der Waals surface area contributed by atoms with E-state index in [9.17, 15) is 13.5 Å². The van der Waals surface area contributed by atoms with E-state index in [2.05, 4.69) is 15.3 Å². The maximum Gasteiger partial charge on any atom is 0.175 e. The Morgan fingerprint density at radius 3 is 2.61 bits per heavy atom. The number of aromatic nitrogens is 2. The first-order valence-corrected chi connectivity index (χ1v) is 11.3. The van der Waals surface area contributed by atoms with Gasteiger partial charge in [0.2, 0.25) is 0 Å². The van der Waals surface area contributed by atoms with E-state index in [0.29, 0.717) is 5.82 Å². The molecule has 2 heterocycles. The van der Waals surface area contributed by atoms with E-state index in [1.54, 1.807) is 30.5 Å². The fraction of sp³-hybridized carbons (Fsp3) is 0.333. The number of anilines is 2. The Bertz CT molecular complexity index is 1100. The lowest BCUT2D eigenvalue weighted by atomic mass is 9.83. The molecule has 4 rings (SSSR count). The molecule has 146 valence electrons. The zero-order chi connectivity index (χ0) is 19.7. The second-order valence-corrected chi connectivity index (χ2v) is 9.44. The number of pyridine rings is 2. The summed E-state index contributed by atoms with van der Waals surface area (Å²) in [5.74, 6) is 0.918. The zero-order valence-electron chi connectivity index (χ0n) is 15.7. The largest absolute Gasteiger partial charge is 0.393 e. The standard InChI is InChI=1S/C21H23N3O3S/c1-28(26,27)18-7-5-16(6-8-18)24-20-12-19-15(13-23-20)9-10-22-21(19)14-3-2-4-17(25)11-14/h5-10,12-14,17,25H,2-4,11H2,1H3,(H,23,24)/t14-,17+/m1/s1. The van der Waals surface area contributed by atoms with E-state index in [-0.39, 0.29) is 16.9 Å². The molecule has 6 nitrogen and oxygen atoms in total. The summed E-state index contributed by atoms with van der Waals surface area (Å²) < 4.78 is 23.2. The molecule has 3 aromatic rings. The van der Waals surface area contributed by atoms with Crippen molar-refractivity contribution in [1.82, 2.24) is 9.97 Å². The molecule has 0 amide bonds. The van der Waals surface area contributed by atoms with Gasteiger partial charge < -0.3 is 10.4 Å². The summed E-state index contributed by atoms with van der Waals surface area (Å²) in [6, 6.07) is 10.5. The number of rotatable bonds is 4. The van der Waals surface area contributed by atoms with Crippen LogP contribution in [-0.4, -0.2) is 35.9 Å². The van der Waals surface area contributed by atoms with Crippen molar-refractivity contribution >= 4 is 32.1 Å². The van der Waals surface area contributed by atoms with Crippen molar-refractivity contribution in [2.45, 2.75) is 42.6 Å². The van der Waals surface area contributed by atoms with Crippen molar-refractivity contribution in [2.24, 2.45) is 0 Å². The quantitative estimate of drug-likeness (QED) is 0.696. The first-order valence-electron chi connectivity index (χ1n) is 9.40. The maximum absolute atomic E-state index is 11.6. The molecule has 7 heteroatoms. The van der Waals surface area contributed by atoms with Gasteiger partial charge in [0.05, 0.1) is 16.7 Å². The van der Waals surface area contributed by atoms with Crippen LogP contribution in [0.25, 0.3) is 10.8 Å². The van der Waals surface area contributed by atoms with Crippen molar-refractivity contribution in [1.29, 1.82) is 0 Å². The molecule has 0 radical (unpaired) electrons.